The van der Waals surface area contributed by atoms with Crippen LogP contribution in [0.15, 0.2) is 23.8 Å². The lowest BCUT2D eigenvalue weighted by atomic mass is 9.63. The number of esters is 2. The molecule has 0 radical (unpaired) electrons. The molecule has 0 unspecified atom stereocenters. The van der Waals surface area contributed by atoms with Gasteiger partial charge < -0.3 is 19.7 Å². The molecule has 1 fully saturated rings. The highest BCUT2D eigenvalue weighted by molar-refractivity contribution is 5.72. The summed E-state index contributed by atoms with van der Waals surface area (Å²) in [6.45, 7) is 7.88. The van der Waals surface area contributed by atoms with Crippen molar-refractivity contribution >= 4 is 11.9 Å². The van der Waals surface area contributed by atoms with Crippen LogP contribution in [-0.4, -0.2) is 40.1 Å². The van der Waals surface area contributed by atoms with Gasteiger partial charge in [0.1, 0.15) is 6.10 Å². The largest absolute Gasteiger partial charge is 0.462 e. The van der Waals surface area contributed by atoms with E-state index < -0.39 is 11.9 Å². The summed E-state index contributed by atoms with van der Waals surface area (Å²) in [5.41, 5.74) is 1.01. The second kappa shape index (κ2) is 9.23. The van der Waals surface area contributed by atoms with Crippen LogP contribution in [0, 0.1) is 29.6 Å². The molecule has 0 spiro atoms. The van der Waals surface area contributed by atoms with E-state index in [0.29, 0.717) is 32.1 Å². The van der Waals surface area contributed by atoms with E-state index in [2.05, 4.69) is 19.1 Å². The number of aliphatic hydroxyl groups excluding tert-OH is 1. The van der Waals surface area contributed by atoms with E-state index in [-0.39, 0.29) is 54.1 Å². The van der Waals surface area contributed by atoms with E-state index in [4.69, 9.17) is 9.47 Å². The molecule has 1 saturated heterocycles. The number of ether oxygens (including phenoxy) is 2. The molecule has 3 aliphatic rings. The van der Waals surface area contributed by atoms with Crippen molar-refractivity contribution in [3.05, 3.63) is 23.8 Å². The molecule has 3 rings (SSSR count). The number of carbonyl (C=O) groups is 2. The third-order valence-electron chi connectivity index (χ3n) is 6.98. The Morgan fingerprint density at radius 2 is 2.10 bits per heavy atom. The van der Waals surface area contributed by atoms with Crippen LogP contribution >= 0.6 is 0 Å². The first kappa shape index (κ1) is 23.0. The Balaban J connectivity index is 1.81. The van der Waals surface area contributed by atoms with Gasteiger partial charge in [-0.1, -0.05) is 45.9 Å². The molecule has 1 heterocycles. The Labute approximate surface area is 179 Å². The molecule has 0 saturated carbocycles. The lowest BCUT2D eigenvalue weighted by Gasteiger charge is -2.48. The summed E-state index contributed by atoms with van der Waals surface area (Å²) in [5, 5.41) is 21.5. The maximum absolute atomic E-state index is 12.6. The zero-order valence-corrected chi connectivity index (χ0v) is 18.5. The number of aliphatic hydroxyl groups is 2. The molecule has 6 heteroatoms. The van der Waals surface area contributed by atoms with Gasteiger partial charge in [-0.05, 0) is 42.6 Å². The van der Waals surface area contributed by atoms with E-state index in [1.165, 1.54) is 0 Å². The minimum atomic E-state index is -1.55. The molecule has 8 atom stereocenters. The third kappa shape index (κ3) is 4.97. The SMILES string of the molecule is CC[C@H](C)C(=O)O[C@@]1(O)C[C@@H](C)C=C2C=C[C@H](C)[C@H](CC[C@@H]3C[C@@H](O)CC(=O)O3)[C@H]21. The Morgan fingerprint density at radius 1 is 1.37 bits per heavy atom. The molecule has 0 amide bonds. The van der Waals surface area contributed by atoms with Gasteiger partial charge in [-0.15, -0.1) is 0 Å². The highest BCUT2D eigenvalue weighted by Gasteiger charge is 2.51. The second-order valence-electron chi connectivity index (χ2n) is 9.57. The fourth-order valence-corrected chi connectivity index (χ4v) is 5.18. The van der Waals surface area contributed by atoms with Crippen molar-refractivity contribution in [2.24, 2.45) is 29.6 Å². The van der Waals surface area contributed by atoms with Crippen LogP contribution in [0.4, 0.5) is 0 Å². The van der Waals surface area contributed by atoms with Crippen LogP contribution in [0.5, 0.6) is 0 Å². The summed E-state index contributed by atoms with van der Waals surface area (Å²) in [4.78, 5) is 24.3. The molecular formula is C24H36O6. The van der Waals surface area contributed by atoms with E-state index in [0.717, 1.165) is 5.57 Å². The molecule has 6 nitrogen and oxygen atoms in total. The summed E-state index contributed by atoms with van der Waals surface area (Å²) in [6.07, 6.45) is 8.23. The molecule has 0 aromatic rings. The molecule has 0 aromatic heterocycles. The predicted octanol–water partition coefficient (Wildman–Crippen LogP) is 3.52. The summed E-state index contributed by atoms with van der Waals surface area (Å²) in [6, 6.07) is 0. The summed E-state index contributed by atoms with van der Waals surface area (Å²) in [5.74, 6) is -2.53. The van der Waals surface area contributed by atoms with Crippen LogP contribution in [-0.2, 0) is 19.1 Å². The summed E-state index contributed by atoms with van der Waals surface area (Å²) in [7, 11) is 0. The molecule has 0 aromatic carbocycles. The second-order valence-corrected chi connectivity index (χ2v) is 9.57. The van der Waals surface area contributed by atoms with Crippen molar-refractivity contribution in [3.8, 4) is 0 Å². The first-order valence-corrected chi connectivity index (χ1v) is 11.4. The van der Waals surface area contributed by atoms with Gasteiger partial charge in [-0.3, -0.25) is 9.59 Å². The molecule has 2 aliphatic carbocycles. The average molecular weight is 421 g/mol. The van der Waals surface area contributed by atoms with Crippen molar-refractivity contribution in [2.75, 3.05) is 0 Å². The number of allylic oxidation sites excluding steroid dienone is 3. The standard InChI is InChI=1S/C24H36O6/c1-5-15(3)23(27)30-24(28)13-14(2)10-17-7-6-16(4)20(22(17)24)9-8-19-11-18(25)12-21(26)29-19/h6-7,10,14-16,18-20,22,25,28H,5,8-9,11-13H2,1-4H3/t14-,15-,16-,18+,19+,20-,22-,24-/m0/s1. The van der Waals surface area contributed by atoms with Gasteiger partial charge in [0.05, 0.1) is 24.4 Å². The van der Waals surface area contributed by atoms with Gasteiger partial charge in [0.15, 0.2) is 0 Å². The molecule has 1 aliphatic heterocycles. The van der Waals surface area contributed by atoms with Crippen molar-refractivity contribution in [1.29, 1.82) is 0 Å². The molecule has 2 N–H and O–H groups in total. The quantitative estimate of drug-likeness (QED) is 0.505. The number of hydrogen-bond donors (Lipinski definition) is 2. The fourth-order valence-electron chi connectivity index (χ4n) is 5.18. The zero-order chi connectivity index (χ0) is 22.1. The first-order valence-electron chi connectivity index (χ1n) is 11.4. The normalized spacial score (nSPS) is 39.5. The third-order valence-corrected chi connectivity index (χ3v) is 6.98. The van der Waals surface area contributed by atoms with Crippen LogP contribution in [0.3, 0.4) is 0 Å². The minimum Gasteiger partial charge on any atom is -0.462 e. The molecular weight excluding hydrogens is 384 g/mol. The topological polar surface area (TPSA) is 93.1 Å². The number of carbonyl (C=O) groups excluding carboxylic acids is 2. The Morgan fingerprint density at radius 3 is 2.77 bits per heavy atom. The van der Waals surface area contributed by atoms with E-state index >= 15 is 0 Å². The lowest BCUT2D eigenvalue weighted by Crippen LogP contribution is -2.52. The Bertz CT molecular complexity index is 712. The highest BCUT2D eigenvalue weighted by atomic mass is 16.7. The first-order chi connectivity index (χ1) is 14.1. The number of fused-ring (bicyclic) bond motifs is 1. The van der Waals surface area contributed by atoms with Crippen LogP contribution < -0.4 is 0 Å². The fraction of sp³-hybridized carbons (Fsp3) is 0.750. The predicted molar refractivity (Wildman–Crippen MR) is 112 cm³/mol. The number of cyclic esters (lactones) is 1. The van der Waals surface area contributed by atoms with Crippen molar-refractivity contribution in [2.45, 2.75) is 84.2 Å². The van der Waals surface area contributed by atoms with Gasteiger partial charge in [-0.25, -0.2) is 0 Å². The molecule has 30 heavy (non-hydrogen) atoms. The number of hydrogen-bond acceptors (Lipinski definition) is 6. The Hall–Kier alpha value is -1.66. The highest BCUT2D eigenvalue weighted by Crippen LogP contribution is 2.49. The van der Waals surface area contributed by atoms with Gasteiger partial charge in [0.2, 0.25) is 5.79 Å². The summed E-state index contributed by atoms with van der Waals surface area (Å²) >= 11 is 0. The van der Waals surface area contributed by atoms with Gasteiger partial charge in [0, 0.05) is 12.8 Å². The smallest absolute Gasteiger partial charge is 0.311 e. The molecule has 168 valence electrons. The van der Waals surface area contributed by atoms with Gasteiger partial charge in [-0.2, -0.15) is 0 Å². The Kier molecular flexibility index (Phi) is 7.08. The van der Waals surface area contributed by atoms with E-state index in [1.54, 1.807) is 0 Å². The maximum atomic E-state index is 12.6. The monoisotopic (exact) mass is 420 g/mol. The van der Waals surface area contributed by atoms with E-state index in [9.17, 15) is 19.8 Å². The van der Waals surface area contributed by atoms with Crippen molar-refractivity contribution in [1.82, 2.24) is 0 Å². The van der Waals surface area contributed by atoms with Gasteiger partial charge in [0.25, 0.3) is 0 Å². The minimum absolute atomic E-state index is 0.0428. The van der Waals surface area contributed by atoms with Crippen molar-refractivity contribution < 1.29 is 29.3 Å². The van der Waals surface area contributed by atoms with Crippen LogP contribution in [0.25, 0.3) is 0 Å². The lowest BCUT2D eigenvalue weighted by molar-refractivity contribution is -0.247. The molecule has 0 bridgehead atoms. The van der Waals surface area contributed by atoms with Crippen molar-refractivity contribution in [3.63, 3.8) is 0 Å². The van der Waals surface area contributed by atoms with Gasteiger partial charge >= 0.3 is 11.9 Å². The summed E-state index contributed by atoms with van der Waals surface area (Å²) < 4.78 is 11.2. The average Bonchev–Trinajstić information content (AvgIpc) is 2.65. The zero-order valence-electron chi connectivity index (χ0n) is 18.5. The van der Waals surface area contributed by atoms with Crippen LogP contribution in [0.2, 0.25) is 0 Å². The van der Waals surface area contributed by atoms with E-state index in [1.807, 2.05) is 26.8 Å². The van der Waals surface area contributed by atoms with Crippen LogP contribution in [0.1, 0.15) is 66.2 Å². The maximum Gasteiger partial charge on any atom is 0.311 e. The number of rotatable bonds is 6.